The van der Waals surface area contributed by atoms with Crippen molar-refractivity contribution in [2.75, 3.05) is 17.7 Å². The highest BCUT2D eigenvalue weighted by Gasteiger charge is 2.24. The fourth-order valence-corrected chi connectivity index (χ4v) is 2.89. The summed E-state index contributed by atoms with van der Waals surface area (Å²) >= 11 is 1.51. The van der Waals surface area contributed by atoms with E-state index in [0.29, 0.717) is 11.6 Å². The second-order valence-corrected chi connectivity index (χ2v) is 5.20. The van der Waals surface area contributed by atoms with E-state index in [1.165, 1.54) is 37.4 Å². The molecule has 0 bridgehead atoms. The fourth-order valence-electron chi connectivity index (χ4n) is 2.55. The van der Waals surface area contributed by atoms with Crippen LogP contribution in [0.15, 0.2) is 11.4 Å². The quantitative estimate of drug-likeness (QED) is 0.617. The van der Waals surface area contributed by atoms with E-state index in [2.05, 4.69) is 27.9 Å². The first-order valence-corrected chi connectivity index (χ1v) is 7.60. The van der Waals surface area contributed by atoms with Gasteiger partial charge in [0.1, 0.15) is 11.6 Å². The summed E-state index contributed by atoms with van der Waals surface area (Å²) < 4.78 is 0. The predicted molar refractivity (Wildman–Crippen MR) is 73.8 cm³/mol. The lowest BCUT2D eigenvalue weighted by atomic mass is 10.2. The number of aromatic nitrogens is 2. The van der Waals surface area contributed by atoms with Crippen LogP contribution in [0.25, 0.3) is 0 Å². The molecule has 96 valence electrons. The van der Waals surface area contributed by atoms with Crippen molar-refractivity contribution in [2.45, 2.75) is 43.8 Å². The minimum Gasteiger partial charge on any atom is -0.353 e. The third-order valence-corrected chi connectivity index (χ3v) is 3.99. The molecule has 4 nitrogen and oxygen atoms in total. The molecule has 0 radical (unpaired) electrons. The Kier molecular flexibility index (Phi) is 4.43. The molecule has 0 spiro atoms. The van der Waals surface area contributed by atoms with Crippen LogP contribution >= 0.6 is 11.8 Å². The summed E-state index contributed by atoms with van der Waals surface area (Å²) in [6.07, 6.45) is 8.57. The molecule has 18 heavy (non-hydrogen) atoms. The molecule has 5 heteroatoms. The molecule has 2 rings (SSSR count). The summed E-state index contributed by atoms with van der Waals surface area (Å²) in [7, 11) is 0. The van der Waals surface area contributed by atoms with Crippen molar-refractivity contribution in [1.82, 2.24) is 9.97 Å². The van der Waals surface area contributed by atoms with E-state index < -0.39 is 0 Å². The molecule has 1 aromatic rings. The number of rotatable bonds is 4. The van der Waals surface area contributed by atoms with Gasteiger partial charge in [-0.05, 0) is 26.0 Å². The van der Waals surface area contributed by atoms with Crippen molar-refractivity contribution in [3.8, 4) is 6.07 Å². The van der Waals surface area contributed by atoms with Gasteiger partial charge in [-0.3, -0.25) is 0 Å². The van der Waals surface area contributed by atoms with Crippen molar-refractivity contribution < 1.29 is 0 Å². The first-order chi connectivity index (χ1) is 8.80. The first-order valence-electron chi connectivity index (χ1n) is 6.38. The van der Waals surface area contributed by atoms with Gasteiger partial charge in [-0.1, -0.05) is 24.6 Å². The van der Waals surface area contributed by atoms with E-state index in [-0.39, 0.29) is 0 Å². The van der Waals surface area contributed by atoms with E-state index in [0.717, 1.165) is 17.5 Å². The maximum atomic E-state index is 9.21. The third kappa shape index (κ3) is 2.59. The van der Waals surface area contributed by atoms with Crippen LogP contribution in [0.5, 0.6) is 0 Å². The number of nitriles is 1. The molecular formula is C13H18N4S. The van der Waals surface area contributed by atoms with Crippen LogP contribution in [0.1, 0.15) is 38.2 Å². The molecule has 0 saturated heterocycles. The van der Waals surface area contributed by atoms with Crippen molar-refractivity contribution in [3.63, 3.8) is 0 Å². The Balaban J connectivity index is 2.36. The Morgan fingerprint density at radius 3 is 2.78 bits per heavy atom. The maximum Gasteiger partial charge on any atom is 0.189 e. The molecule has 1 heterocycles. The van der Waals surface area contributed by atoms with Gasteiger partial charge in [-0.2, -0.15) is 5.26 Å². The summed E-state index contributed by atoms with van der Waals surface area (Å²) in [4.78, 5) is 11.0. The largest absolute Gasteiger partial charge is 0.353 e. The predicted octanol–water partition coefficient (Wildman–Crippen LogP) is 2.84. The Labute approximate surface area is 112 Å². The number of hydrogen-bond donors (Lipinski definition) is 0. The normalized spacial score (nSPS) is 15.6. The van der Waals surface area contributed by atoms with Gasteiger partial charge in [0.05, 0.1) is 6.20 Å². The highest BCUT2D eigenvalue weighted by Crippen LogP contribution is 2.29. The van der Waals surface area contributed by atoms with Crippen LogP contribution in [-0.4, -0.2) is 28.8 Å². The molecule has 0 amide bonds. The van der Waals surface area contributed by atoms with E-state index in [9.17, 15) is 5.26 Å². The molecule has 0 aliphatic heterocycles. The molecule has 1 aliphatic carbocycles. The Hall–Kier alpha value is -1.28. The lowest BCUT2D eigenvalue weighted by molar-refractivity contribution is 0.608. The SMILES string of the molecule is CCN(c1nc(SC)ncc1C#N)C1CCCC1. The molecule has 0 atom stereocenters. The molecule has 0 aromatic carbocycles. The van der Waals surface area contributed by atoms with Gasteiger partial charge >= 0.3 is 0 Å². The topological polar surface area (TPSA) is 52.8 Å². The van der Waals surface area contributed by atoms with Crippen LogP contribution < -0.4 is 4.90 Å². The van der Waals surface area contributed by atoms with Gasteiger partial charge < -0.3 is 4.90 Å². The fraction of sp³-hybridized carbons (Fsp3) is 0.615. The zero-order valence-corrected chi connectivity index (χ0v) is 11.7. The lowest BCUT2D eigenvalue weighted by Gasteiger charge is -2.29. The summed E-state index contributed by atoms with van der Waals surface area (Å²) in [5.74, 6) is 0.811. The van der Waals surface area contributed by atoms with Crippen molar-refractivity contribution in [2.24, 2.45) is 0 Å². The monoisotopic (exact) mass is 262 g/mol. The van der Waals surface area contributed by atoms with Crippen molar-refractivity contribution in [3.05, 3.63) is 11.8 Å². The summed E-state index contributed by atoms with van der Waals surface area (Å²) in [5, 5.41) is 9.94. The van der Waals surface area contributed by atoms with Gasteiger partial charge in [-0.25, -0.2) is 9.97 Å². The van der Waals surface area contributed by atoms with E-state index in [1.54, 1.807) is 6.20 Å². The molecule has 0 unspecified atom stereocenters. The molecule has 1 aliphatic rings. The molecule has 0 N–H and O–H groups in total. The lowest BCUT2D eigenvalue weighted by Crippen LogP contribution is -2.34. The Morgan fingerprint density at radius 1 is 1.50 bits per heavy atom. The zero-order valence-electron chi connectivity index (χ0n) is 10.9. The second-order valence-electron chi connectivity index (χ2n) is 4.43. The molecule has 1 fully saturated rings. The van der Waals surface area contributed by atoms with Crippen molar-refractivity contribution in [1.29, 1.82) is 5.26 Å². The number of hydrogen-bond acceptors (Lipinski definition) is 5. The molecule has 1 saturated carbocycles. The number of thioether (sulfide) groups is 1. The van der Waals surface area contributed by atoms with E-state index in [4.69, 9.17) is 0 Å². The average Bonchev–Trinajstić information content (AvgIpc) is 2.93. The maximum absolute atomic E-state index is 9.21. The Morgan fingerprint density at radius 2 is 2.22 bits per heavy atom. The van der Waals surface area contributed by atoms with Gasteiger partial charge in [-0.15, -0.1) is 0 Å². The first kappa shape index (κ1) is 13.2. The van der Waals surface area contributed by atoms with Gasteiger partial charge in [0, 0.05) is 12.6 Å². The molecular weight excluding hydrogens is 244 g/mol. The van der Waals surface area contributed by atoms with E-state index >= 15 is 0 Å². The minimum absolute atomic E-state index is 0.534. The minimum atomic E-state index is 0.534. The van der Waals surface area contributed by atoms with Crippen LogP contribution in [0.2, 0.25) is 0 Å². The smallest absolute Gasteiger partial charge is 0.189 e. The standard InChI is InChI=1S/C13H18N4S/c1-3-17(11-6-4-5-7-11)12-10(8-14)9-15-13(16-12)18-2/h9,11H,3-7H2,1-2H3. The second kappa shape index (κ2) is 6.05. The number of anilines is 1. The Bertz CT molecular complexity index is 449. The van der Waals surface area contributed by atoms with Gasteiger partial charge in [0.25, 0.3) is 0 Å². The third-order valence-electron chi connectivity index (χ3n) is 3.43. The summed E-state index contributed by atoms with van der Waals surface area (Å²) in [5.41, 5.74) is 0.585. The van der Waals surface area contributed by atoms with Crippen LogP contribution in [0.4, 0.5) is 5.82 Å². The van der Waals surface area contributed by atoms with Crippen LogP contribution in [0, 0.1) is 11.3 Å². The van der Waals surface area contributed by atoms with Crippen LogP contribution in [0.3, 0.4) is 0 Å². The highest BCUT2D eigenvalue weighted by molar-refractivity contribution is 7.98. The van der Waals surface area contributed by atoms with E-state index in [1.807, 2.05) is 6.26 Å². The summed E-state index contributed by atoms with van der Waals surface area (Å²) in [6, 6.07) is 2.74. The van der Waals surface area contributed by atoms with Crippen LogP contribution in [-0.2, 0) is 0 Å². The molecule has 1 aromatic heterocycles. The summed E-state index contributed by atoms with van der Waals surface area (Å²) in [6.45, 7) is 3.02. The average molecular weight is 262 g/mol. The zero-order chi connectivity index (χ0) is 13.0. The number of nitrogens with zero attached hydrogens (tertiary/aromatic N) is 4. The van der Waals surface area contributed by atoms with Crippen molar-refractivity contribution >= 4 is 17.6 Å². The highest BCUT2D eigenvalue weighted by atomic mass is 32.2. The van der Waals surface area contributed by atoms with Gasteiger partial charge in [0.2, 0.25) is 0 Å². The van der Waals surface area contributed by atoms with Gasteiger partial charge in [0.15, 0.2) is 11.0 Å².